The molecule has 84 valence electrons. The van der Waals surface area contributed by atoms with Gasteiger partial charge in [0.1, 0.15) is 17.2 Å². The van der Waals surface area contributed by atoms with E-state index in [1.165, 1.54) is 0 Å². The van der Waals surface area contributed by atoms with E-state index in [1.807, 2.05) is 34.6 Å². The molecule has 0 aliphatic carbocycles. The summed E-state index contributed by atoms with van der Waals surface area (Å²) in [7, 11) is 0. The predicted molar refractivity (Wildman–Crippen MR) is 60.9 cm³/mol. The van der Waals surface area contributed by atoms with Crippen LogP contribution in [0.1, 0.15) is 39.1 Å². The molecule has 0 unspecified atom stereocenters. The molecule has 0 aromatic carbocycles. The Bertz CT molecular complexity index is 356. The second-order valence-corrected chi connectivity index (χ2v) is 4.52. The van der Waals surface area contributed by atoms with Crippen molar-refractivity contribution in [1.29, 1.82) is 0 Å². The molecule has 4 heteroatoms. The number of aryl methyl sites for hydroxylation is 1. The Balaban J connectivity index is 3.11. The number of nitrogens with two attached hydrogens (primary N) is 1. The van der Waals surface area contributed by atoms with Crippen LogP contribution < -0.4 is 10.5 Å². The van der Waals surface area contributed by atoms with Gasteiger partial charge in [-0.15, -0.1) is 0 Å². The van der Waals surface area contributed by atoms with E-state index < -0.39 is 0 Å². The monoisotopic (exact) mass is 209 g/mol. The average molecular weight is 209 g/mol. The summed E-state index contributed by atoms with van der Waals surface area (Å²) < 4.78 is 5.72. The molecular formula is C11H19N3O. The Morgan fingerprint density at radius 3 is 2.33 bits per heavy atom. The Kier molecular flexibility index (Phi) is 3.17. The standard InChI is InChI=1S/C11H19N3O/c1-6-8-13-9(12)7(2)10(14-8)15-11(3,4)5/h6H2,1-5H3,(H2,12,13,14). The zero-order valence-corrected chi connectivity index (χ0v) is 10.1. The fourth-order valence-electron chi connectivity index (χ4n) is 1.11. The zero-order valence-electron chi connectivity index (χ0n) is 10.1. The van der Waals surface area contributed by atoms with Crippen molar-refractivity contribution < 1.29 is 4.74 Å². The minimum absolute atomic E-state index is 0.267. The van der Waals surface area contributed by atoms with Crippen LogP contribution in [0.15, 0.2) is 0 Å². The highest BCUT2D eigenvalue weighted by Gasteiger charge is 2.17. The van der Waals surface area contributed by atoms with Crippen LogP contribution in [-0.4, -0.2) is 15.6 Å². The molecule has 0 aliphatic rings. The van der Waals surface area contributed by atoms with Crippen LogP contribution in [0.5, 0.6) is 5.88 Å². The molecule has 0 radical (unpaired) electrons. The second-order valence-electron chi connectivity index (χ2n) is 4.52. The van der Waals surface area contributed by atoms with Crippen LogP contribution >= 0.6 is 0 Å². The smallest absolute Gasteiger partial charge is 0.222 e. The molecule has 0 bridgehead atoms. The van der Waals surface area contributed by atoms with Crippen molar-refractivity contribution in [3.63, 3.8) is 0 Å². The van der Waals surface area contributed by atoms with Crippen LogP contribution in [0.4, 0.5) is 5.82 Å². The van der Waals surface area contributed by atoms with Crippen molar-refractivity contribution >= 4 is 5.82 Å². The first-order valence-corrected chi connectivity index (χ1v) is 5.15. The maximum atomic E-state index is 5.78. The van der Waals surface area contributed by atoms with Crippen LogP contribution in [0, 0.1) is 6.92 Å². The van der Waals surface area contributed by atoms with E-state index in [0.717, 1.165) is 17.8 Å². The maximum Gasteiger partial charge on any atom is 0.222 e. The largest absolute Gasteiger partial charge is 0.472 e. The molecule has 0 aliphatic heterocycles. The molecule has 4 nitrogen and oxygen atoms in total. The average Bonchev–Trinajstić information content (AvgIpc) is 2.10. The molecule has 0 spiro atoms. The lowest BCUT2D eigenvalue weighted by atomic mass is 10.2. The Morgan fingerprint density at radius 2 is 1.87 bits per heavy atom. The zero-order chi connectivity index (χ0) is 11.6. The van der Waals surface area contributed by atoms with Gasteiger partial charge in [0.05, 0.1) is 5.56 Å². The van der Waals surface area contributed by atoms with E-state index in [1.54, 1.807) is 0 Å². The van der Waals surface area contributed by atoms with Crippen molar-refractivity contribution in [2.75, 3.05) is 5.73 Å². The highest BCUT2D eigenvalue weighted by Crippen LogP contribution is 2.23. The number of hydrogen-bond acceptors (Lipinski definition) is 4. The number of hydrogen-bond donors (Lipinski definition) is 1. The number of ether oxygens (including phenoxy) is 1. The fraction of sp³-hybridized carbons (Fsp3) is 0.636. The van der Waals surface area contributed by atoms with Gasteiger partial charge in [-0.3, -0.25) is 0 Å². The number of anilines is 1. The minimum Gasteiger partial charge on any atom is -0.472 e. The van der Waals surface area contributed by atoms with Crippen LogP contribution in [0.3, 0.4) is 0 Å². The van der Waals surface area contributed by atoms with Gasteiger partial charge in [0.2, 0.25) is 5.88 Å². The van der Waals surface area contributed by atoms with Crippen LogP contribution in [0.25, 0.3) is 0 Å². The molecular weight excluding hydrogens is 190 g/mol. The molecule has 15 heavy (non-hydrogen) atoms. The Hall–Kier alpha value is -1.32. The van der Waals surface area contributed by atoms with E-state index in [0.29, 0.717) is 11.7 Å². The van der Waals surface area contributed by atoms with Gasteiger partial charge < -0.3 is 10.5 Å². The highest BCUT2D eigenvalue weighted by atomic mass is 16.5. The lowest BCUT2D eigenvalue weighted by molar-refractivity contribution is 0.122. The SMILES string of the molecule is CCc1nc(N)c(C)c(OC(C)(C)C)n1. The summed E-state index contributed by atoms with van der Waals surface area (Å²) >= 11 is 0. The second kappa shape index (κ2) is 4.04. The summed E-state index contributed by atoms with van der Waals surface area (Å²) in [6, 6.07) is 0. The van der Waals surface area contributed by atoms with Crippen LogP contribution in [0.2, 0.25) is 0 Å². The minimum atomic E-state index is -0.267. The first-order valence-electron chi connectivity index (χ1n) is 5.15. The topological polar surface area (TPSA) is 61.0 Å². The van der Waals surface area contributed by atoms with E-state index in [4.69, 9.17) is 10.5 Å². The van der Waals surface area contributed by atoms with Gasteiger partial charge in [-0.2, -0.15) is 4.98 Å². The first kappa shape index (κ1) is 11.8. The van der Waals surface area contributed by atoms with Crippen molar-refractivity contribution in [3.05, 3.63) is 11.4 Å². The van der Waals surface area contributed by atoms with Gasteiger partial charge in [-0.1, -0.05) is 6.92 Å². The number of rotatable bonds is 2. The van der Waals surface area contributed by atoms with Gasteiger partial charge in [0, 0.05) is 6.42 Å². The summed E-state index contributed by atoms with van der Waals surface area (Å²) in [5, 5.41) is 0. The summed E-state index contributed by atoms with van der Waals surface area (Å²) in [6.07, 6.45) is 0.755. The maximum absolute atomic E-state index is 5.78. The Labute approximate surface area is 90.9 Å². The summed E-state index contributed by atoms with van der Waals surface area (Å²) in [5.74, 6) is 1.81. The Morgan fingerprint density at radius 1 is 1.27 bits per heavy atom. The summed E-state index contributed by atoms with van der Waals surface area (Å²) in [4.78, 5) is 8.49. The molecule has 0 saturated carbocycles. The molecule has 0 amide bonds. The van der Waals surface area contributed by atoms with Crippen molar-refractivity contribution in [2.24, 2.45) is 0 Å². The molecule has 2 N–H and O–H groups in total. The number of nitrogens with zero attached hydrogens (tertiary/aromatic N) is 2. The van der Waals surface area contributed by atoms with Crippen LogP contribution in [-0.2, 0) is 6.42 Å². The van der Waals surface area contributed by atoms with E-state index in [9.17, 15) is 0 Å². The van der Waals surface area contributed by atoms with E-state index >= 15 is 0 Å². The van der Waals surface area contributed by atoms with Gasteiger partial charge in [0.15, 0.2) is 0 Å². The molecule has 1 aromatic heterocycles. The third kappa shape index (κ3) is 3.08. The number of aromatic nitrogens is 2. The molecule has 1 rings (SSSR count). The summed E-state index contributed by atoms with van der Waals surface area (Å²) in [5.41, 5.74) is 6.32. The predicted octanol–water partition coefficient (Wildman–Crippen LogP) is 2.11. The molecule has 1 heterocycles. The van der Waals surface area contributed by atoms with Crippen molar-refractivity contribution in [1.82, 2.24) is 9.97 Å². The first-order chi connectivity index (χ1) is 6.83. The lowest BCUT2D eigenvalue weighted by Crippen LogP contribution is -2.24. The molecule has 0 saturated heterocycles. The van der Waals surface area contributed by atoms with Crippen molar-refractivity contribution in [3.8, 4) is 5.88 Å². The molecule has 0 atom stereocenters. The lowest BCUT2D eigenvalue weighted by Gasteiger charge is -2.22. The van der Waals surface area contributed by atoms with E-state index in [-0.39, 0.29) is 5.60 Å². The normalized spacial score (nSPS) is 11.5. The summed E-state index contributed by atoms with van der Waals surface area (Å²) in [6.45, 7) is 9.81. The third-order valence-corrected chi connectivity index (χ3v) is 1.90. The van der Waals surface area contributed by atoms with Crippen molar-refractivity contribution in [2.45, 2.75) is 46.6 Å². The van der Waals surface area contributed by atoms with Gasteiger partial charge in [0.25, 0.3) is 0 Å². The number of nitrogen functional groups attached to an aromatic ring is 1. The molecule has 0 fully saturated rings. The van der Waals surface area contributed by atoms with Gasteiger partial charge in [-0.25, -0.2) is 4.98 Å². The van der Waals surface area contributed by atoms with Gasteiger partial charge in [-0.05, 0) is 27.7 Å². The van der Waals surface area contributed by atoms with Gasteiger partial charge >= 0.3 is 0 Å². The fourth-order valence-corrected chi connectivity index (χ4v) is 1.11. The third-order valence-electron chi connectivity index (χ3n) is 1.90. The highest BCUT2D eigenvalue weighted by molar-refractivity contribution is 5.44. The van der Waals surface area contributed by atoms with E-state index in [2.05, 4.69) is 9.97 Å². The molecule has 1 aromatic rings. The quantitative estimate of drug-likeness (QED) is 0.810.